The van der Waals surface area contributed by atoms with Gasteiger partial charge in [0.25, 0.3) is 0 Å². The molecule has 0 atom stereocenters. The first kappa shape index (κ1) is 10.5. The fourth-order valence-electron chi connectivity index (χ4n) is 2.90. The summed E-state index contributed by atoms with van der Waals surface area (Å²) < 4.78 is 5.68. The van der Waals surface area contributed by atoms with Crippen LogP contribution in [0.1, 0.15) is 18.7 Å². The number of benzene rings is 1. The van der Waals surface area contributed by atoms with Crippen molar-refractivity contribution in [1.82, 2.24) is 9.88 Å². The van der Waals surface area contributed by atoms with Crippen LogP contribution >= 0.6 is 0 Å². The molecule has 18 heavy (non-hydrogen) atoms. The summed E-state index contributed by atoms with van der Waals surface area (Å²) in [5.41, 5.74) is 1.32. The van der Waals surface area contributed by atoms with E-state index in [1.54, 1.807) is 0 Å². The fraction of sp³-hybridized carbons (Fsp3) is 0.500. The molecule has 4 heteroatoms. The Hall–Kier alpha value is -1.39. The number of oxazole rings is 1. The summed E-state index contributed by atoms with van der Waals surface area (Å²) in [6.45, 7) is 2.22. The second kappa shape index (κ2) is 3.56. The van der Waals surface area contributed by atoms with E-state index in [-0.39, 0.29) is 0 Å². The van der Waals surface area contributed by atoms with E-state index in [1.807, 2.05) is 24.3 Å². The highest BCUT2D eigenvalue weighted by molar-refractivity contribution is 5.72. The summed E-state index contributed by atoms with van der Waals surface area (Å²) >= 11 is 0. The average Bonchev–Trinajstić information content (AvgIpc) is 3.08. The summed E-state index contributed by atoms with van der Waals surface area (Å²) in [7, 11) is 0. The topological polar surface area (TPSA) is 49.5 Å². The van der Waals surface area contributed by atoms with E-state index in [4.69, 9.17) is 4.42 Å². The maximum atomic E-state index is 10.2. The summed E-state index contributed by atoms with van der Waals surface area (Å²) in [5.74, 6) is 1.28. The van der Waals surface area contributed by atoms with Gasteiger partial charge >= 0.3 is 0 Å². The Bertz CT molecular complexity index is 549. The monoisotopic (exact) mass is 244 g/mol. The van der Waals surface area contributed by atoms with Crippen molar-refractivity contribution >= 4 is 11.1 Å². The van der Waals surface area contributed by atoms with Gasteiger partial charge in [-0.1, -0.05) is 12.1 Å². The first-order chi connectivity index (χ1) is 8.73. The minimum Gasteiger partial charge on any atom is -0.439 e. The van der Waals surface area contributed by atoms with Gasteiger partial charge in [0.2, 0.25) is 5.89 Å². The molecule has 1 aromatic carbocycles. The zero-order chi connectivity index (χ0) is 12.2. The van der Waals surface area contributed by atoms with Gasteiger partial charge in [-0.2, -0.15) is 0 Å². The Balaban J connectivity index is 1.46. The second-order valence-electron chi connectivity index (χ2n) is 5.60. The molecule has 1 saturated heterocycles. The molecule has 1 aromatic heterocycles. The Labute approximate surface area is 105 Å². The van der Waals surface area contributed by atoms with E-state index < -0.39 is 5.60 Å². The predicted octanol–water partition coefficient (Wildman–Crippen LogP) is 1.78. The third-order valence-corrected chi connectivity index (χ3v) is 4.03. The number of rotatable bonds is 3. The van der Waals surface area contributed by atoms with Crippen molar-refractivity contribution < 1.29 is 9.52 Å². The largest absolute Gasteiger partial charge is 0.439 e. The van der Waals surface area contributed by atoms with Crippen molar-refractivity contribution in [3.05, 3.63) is 30.2 Å². The fourth-order valence-corrected chi connectivity index (χ4v) is 2.90. The second-order valence-corrected chi connectivity index (χ2v) is 5.60. The molecule has 1 aliphatic carbocycles. The highest BCUT2D eigenvalue weighted by atomic mass is 16.3. The van der Waals surface area contributed by atoms with Gasteiger partial charge in [-0.05, 0) is 30.9 Å². The van der Waals surface area contributed by atoms with Crippen molar-refractivity contribution in [2.24, 2.45) is 5.92 Å². The lowest BCUT2D eigenvalue weighted by atomic mass is 9.89. The molecule has 2 aliphatic rings. The molecule has 2 fully saturated rings. The number of aliphatic hydroxyl groups is 1. The molecular formula is C14H16N2O2. The van der Waals surface area contributed by atoms with Gasteiger partial charge in [-0.3, -0.25) is 4.90 Å². The number of nitrogens with zero attached hydrogens (tertiary/aromatic N) is 2. The van der Waals surface area contributed by atoms with Gasteiger partial charge in [-0.25, -0.2) is 4.98 Å². The Kier molecular flexibility index (Phi) is 2.08. The van der Waals surface area contributed by atoms with E-state index in [0.29, 0.717) is 12.5 Å². The molecule has 1 N–H and O–H groups in total. The summed E-state index contributed by atoms with van der Waals surface area (Å²) in [6, 6.07) is 7.80. The first-order valence-electron chi connectivity index (χ1n) is 6.52. The van der Waals surface area contributed by atoms with Crippen LogP contribution in [0.15, 0.2) is 28.7 Å². The normalized spacial score (nSPS) is 23.2. The number of para-hydroxylation sites is 2. The lowest BCUT2D eigenvalue weighted by Crippen LogP contribution is -2.62. The molecule has 0 radical (unpaired) electrons. The van der Waals surface area contributed by atoms with Crippen LogP contribution in [0.5, 0.6) is 0 Å². The molecule has 0 bridgehead atoms. The van der Waals surface area contributed by atoms with Crippen molar-refractivity contribution in [3.63, 3.8) is 0 Å². The molecule has 0 unspecified atom stereocenters. The standard InChI is InChI=1S/C14H16N2O2/c17-14(10-5-6-10)8-16(9-14)7-13-15-11-3-1-2-4-12(11)18-13/h1-4,10,17H,5-9H2. The molecule has 4 nitrogen and oxygen atoms in total. The molecule has 1 saturated carbocycles. The number of aromatic nitrogens is 1. The Morgan fingerprint density at radius 3 is 2.83 bits per heavy atom. The Morgan fingerprint density at radius 1 is 1.33 bits per heavy atom. The zero-order valence-electron chi connectivity index (χ0n) is 10.2. The number of fused-ring (bicyclic) bond motifs is 1. The van der Waals surface area contributed by atoms with Gasteiger partial charge < -0.3 is 9.52 Å². The minimum atomic E-state index is -0.425. The van der Waals surface area contributed by atoms with Gasteiger partial charge in [0, 0.05) is 13.1 Å². The smallest absolute Gasteiger partial charge is 0.209 e. The van der Waals surface area contributed by atoms with Crippen molar-refractivity contribution in [3.8, 4) is 0 Å². The number of likely N-dealkylation sites (tertiary alicyclic amines) is 1. The summed E-state index contributed by atoms with van der Waals surface area (Å²) in [4.78, 5) is 6.65. The lowest BCUT2D eigenvalue weighted by Gasteiger charge is -2.46. The van der Waals surface area contributed by atoms with E-state index in [1.165, 1.54) is 12.8 Å². The average molecular weight is 244 g/mol. The lowest BCUT2D eigenvalue weighted by molar-refractivity contribution is -0.118. The SMILES string of the molecule is OC1(C2CC2)CN(Cc2nc3ccccc3o2)C1. The molecule has 2 aromatic rings. The first-order valence-corrected chi connectivity index (χ1v) is 6.52. The number of β-amino-alcohol motifs (C(OH)–C–C–N with tert-alkyl or cyclic N) is 1. The van der Waals surface area contributed by atoms with E-state index in [2.05, 4.69) is 9.88 Å². The number of hydrogen-bond donors (Lipinski definition) is 1. The Morgan fingerprint density at radius 2 is 2.11 bits per heavy atom. The summed E-state index contributed by atoms with van der Waals surface area (Å²) in [6.07, 6.45) is 2.38. The van der Waals surface area contributed by atoms with Crippen molar-refractivity contribution in [1.29, 1.82) is 0 Å². The predicted molar refractivity (Wildman–Crippen MR) is 67.0 cm³/mol. The zero-order valence-corrected chi connectivity index (χ0v) is 10.2. The number of hydrogen-bond acceptors (Lipinski definition) is 4. The van der Waals surface area contributed by atoms with Crippen LogP contribution in [0.25, 0.3) is 11.1 Å². The van der Waals surface area contributed by atoms with Crippen LogP contribution in [-0.4, -0.2) is 33.7 Å². The van der Waals surface area contributed by atoms with Gasteiger partial charge in [0.15, 0.2) is 5.58 Å². The molecular weight excluding hydrogens is 228 g/mol. The third kappa shape index (κ3) is 1.64. The van der Waals surface area contributed by atoms with E-state index in [9.17, 15) is 5.11 Å². The quantitative estimate of drug-likeness (QED) is 0.894. The minimum absolute atomic E-state index is 0.425. The highest BCUT2D eigenvalue weighted by Gasteiger charge is 2.51. The molecule has 0 amide bonds. The summed E-state index contributed by atoms with van der Waals surface area (Å²) in [5, 5.41) is 10.2. The van der Waals surface area contributed by atoms with Crippen molar-refractivity contribution in [2.45, 2.75) is 25.0 Å². The van der Waals surface area contributed by atoms with Gasteiger partial charge in [0.05, 0.1) is 12.1 Å². The van der Waals surface area contributed by atoms with E-state index >= 15 is 0 Å². The molecule has 0 spiro atoms. The van der Waals surface area contributed by atoms with Crippen LogP contribution in [0.3, 0.4) is 0 Å². The van der Waals surface area contributed by atoms with E-state index in [0.717, 1.165) is 30.1 Å². The van der Waals surface area contributed by atoms with Crippen LogP contribution in [0.4, 0.5) is 0 Å². The van der Waals surface area contributed by atoms with Crippen LogP contribution in [0, 0.1) is 5.92 Å². The van der Waals surface area contributed by atoms with Crippen LogP contribution in [-0.2, 0) is 6.54 Å². The van der Waals surface area contributed by atoms with Crippen molar-refractivity contribution in [2.75, 3.05) is 13.1 Å². The van der Waals surface area contributed by atoms with Crippen LogP contribution in [0.2, 0.25) is 0 Å². The highest BCUT2D eigenvalue weighted by Crippen LogP contribution is 2.44. The van der Waals surface area contributed by atoms with Gasteiger partial charge in [-0.15, -0.1) is 0 Å². The maximum absolute atomic E-state index is 10.2. The molecule has 4 rings (SSSR count). The molecule has 2 heterocycles. The van der Waals surface area contributed by atoms with Gasteiger partial charge in [0.1, 0.15) is 5.52 Å². The third-order valence-electron chi connectivity index (χ3n) is 4.03. The molecule has 94 valence electrons. The molecule has 1 aliphatic heterocycles. The maximum Gasteiger partial charge on any atom is 0.209 e. The van der Waals surface area contributed by atoms with Crippen LogP contribution < -0.4 is 0 Å².